The van der Waals surface area contributed by atoms with Crippen LogP contribution in [0.4, 0.5) is 0 Å². The zero-order valence-corrected chi connectivity index (χ0v) is 23.6. The number of carbonyl (C=O) groups is 2. The molecule has 3 aromatic rings. The first-order chi connectivity index (χ1) is 19.3. The molecular weight excluding hydrogens is 502 g/mol. The fourth-order valence-electron chi connectivity index (χ4n) is 5.59. The third-order valence-corrected chi connectivity index (χ3v) is 7.88. The smallest absolute Gasteiger partial charge is 0.335 e. The molecule has 6 heteroatoms. The van der Waals surface area contributed by atoms with Gasteiger partial charge in [-0.25, -0.2) is 4.79 Å². The first-order valence-electron chi connectivity index (χ1n) is 14.4. The summed E-state index contributed by atoms with van der Waals surface area (Å²) in [6.45, 7) is 6.49. The number of benzene rings is 3. The summed E-state index contributed by atoms with van der Waals surface area (Å²) in [5.41, 5.74) is 6.24. The monoisotopic (exact) mass is 543 g/mol. The molecule has 0 radical (unpaired) electrons. The summed E-state index contributed by atoms with van der Waals surface area (Å²) >= 11 is 0. The highest BCUT2D eigenvalue weighted by Gasteiger charge is 2.26. The van der Waals surface area contributed by atoms with E-state index in [0.717, 1.165) is 67.6 Å². The molecule has 0 saturated heterocycles. The lowest BCUT2D eigenvalue weighted by atomic mass is 9.85. The van der Waals surface area contributed by atoms with Gasteiger partial charge in [-0.15, -0.1) is 0 Å². The molecule has 0 heterocycles. The minimum absolute atomic E-state index is 0.173. The summed E-state index contributed by atoms with van der Waals surface area (Å²) in [4.78, 5) is 25.1. The van der Waals surface area contributed by atoms with Crippen LogP contribution < -0.4 is 4.74 Å². The second-order valence-corrected chi connectivity index (χ2v) is 11.1. The number of aliphatic carboxylic acids is 1. The minimum atomic E-state index is -0.900. The Bertz CT molecular complexity index is 1280. The van der Waals surface area contributed by atoms with Gasteiger partial charge >= 0.3 is 11.9 Å². The maximum Gasteiger partial charge on any atom is 0.335 e. The molecule has 4 rings (SSSR count). The molecule has 1 aliphatic carbocycles. The lowest BCUT2D eigenvalue weighted by molar-refractivity contribution is -0.137. The Hall–Kier alpha value is -3.64. The van der Waals surface area contributed by atoms with Crippen LogP contribution in [0.3, 0.4) is 0 Å². The van der Waals surface area contributed by atoms with Crippen LogP contribution in [-0.4, -0.2) is 40.1 Å². The molecule has 1 atom stereocenters. The van der Waals surface area contributed by atoms with Gasteiger partial charge in [-0.1, -0.05) is 62.4 Å². The van der Waals surface area contributed by atoms with Crippen LogP contribution in [-0.2, 0) is 24.2 Å². The van der Waals surface area contributed by atoms with Crippen molar-refractivity contribution in [2.24, 2.45) is 0 Å². The molecule has 0 aliphatic heterocycles. The molecule has 2 N–H and O–H groups in total. The number of rotatable bonds is 14. The van der Waals surface area contributed by atoms with Crippen molar-refractivity contribution in [2.75, 3.05) is 13.1 Å². The average Bonchev–Trinajstić information content (AvgIpc) is 2.95. The highest BCUT2D eigenvalue weighted by molar-refractivity contribution is 5.88. The lowest BCUT2D eigenvalue weighted by Gasteiger charge is -2.36. The number of ether oxygens (including phenoxy) is 1. The van der Waals surface area contributed by atoms with Gasteiger partial charge in [0.25, 0.3) is 0 Å². The molecule has 0 aromatic heterocycles. The number of carboxylic acids is 2. The number of carboxylic acid groups (broad SMARTS) is 2. The van der Waals surface area contributed by atoms with E-state index < -0.39 is 11.9 Å². The topological polar surface area (TPSA) is 87.1 Å². The highest BCUT2D eigenvalue weighted by Crippen LogP contribution is 2.35. The summed E-state index contributed by atoms with van der Waals surface area (Å²) < 4.78 is 6.28. The number of fused-ring (bicyclic) bond motifs is 1. The number of aryl methyl sites for hydroxylation is 1. The van der Waals surface area contributed by atoms with Gasteiger partial charge in [0.05, 0.1) is 5.56 Å². The summed E-state index contributed by atoms with van der Waals surface area (Å²) in [7, 11) is 0. The van der Waals surface area contributed by atoms with Gasteiger partial charge in [0.2, 0.25) is 0 Å². The Kier molecular flexibility index (Phi) is 10.4. The molecule has 0 fully saturated rings. The Morgan fingerprint density at radius 1 is 0.975 bits per heavy atom. The predicted molar refractivity (Wildman–Crippen MR) is 157 cm³/mol. The third kappa shape index (κ3) is 7.95. The molecule has 40 heavy (non-hydrogen) atoms. The Morgan fingerprint density at radius 2 is 1.75 bits per heavy atom. The van der Waals surface area contributed by atoms with Gasteiger partial charge in [0.15, 0.2) is 0 Å². The first-order valence-corrected chi connectivity index (χ1v) is 14.4. The van der Waals surface area contributed by atoms with Crippen LogP contribution in [0.2, 0.25) is 0 Å². The molecular formula is C34H41NO5. The van der Waals surface area contributed by atoms with Crippen molar-refractivity contribution in [3.8, 4) is 5.75 Å². The summed E-state index contributed by atoms with van der Waals surface area (Å²) in [5, 5.41) is 18.6. The number of nitrogens with zero attached hydrogens (tertiary/aromatic N) is 1. The van der Waals surface area contributed by atoms with Gasteiger partial charge in [0, 0.05) is 19.0 Å². The van der Waals surface area contributed by atoms with E-state index >= 15 is 0 Å². The van der Waals surface area contributed by atoms with Crippen molar-refractivity contribution in [3.05, 3.63) is 100 Å². The van der Waals surface area contributed by atoms with E-state index in [9.17, 15) is 14.7 Å². The Labute approximate surface area is 237 Å². The Balaban J connectivity index is 1.47. The predicted octanol–water partition coefficient (Wildman–Crippen LogP) is 7.26. The maximum absolute atomic E-state index is 11.5. The number of hydrogen-bond acceptors (Lipinski definition) is 4. The lowest BCUT2D eigenvalue weighted by Crippen LogP contribution is -2.34. The molecule has 0 saturated carbocycles. The van der Waals surface area contributed by atoms with Crippen molar-refractivity contribution in [3.63, 3.8) is 0 Å². The fraction of sp³-hybridized carbons (Fsp3) is 0.412. The van der Waals surface area contributed by atoms with Gasteiger partial charge in [-0.3, -0.25) is 9.69 Å². The molecule has 1 aliphatic rings. The van der Waals surface area contributed by atoms with Crippen LogP contribution in [0.1, 0.15) is 96.1 Å². The molecule has 212 valence electrons. The second kappa shape index (κ2) is 14.1. The van der Waals surface area contributed by atoms with E-state index in [-0.39, 0.29) is 12.5 Å². The van der Waals surface area contributed by atoms with Crippen molar-refractivity contribution < 1.29 is 24.5 Å². The van der Waals surface area contributed by atoms with Crippen molar-refractivity contribution in [1.29, 1.82) is 0 Å². The molecule has 1 unspecified atom stereocenters. The van der Waals surface area contributed by atoms with Crippen LogP contribution in [0.5, 0.6) is 5.75 Å². The van der Waals surface area contributed by atoms with Crippen molar-refractivity contribution >= 4 is 11.9 Å². The van der Waals surface area contributed by atoms with Crippen molar-refractivity contribution in [2.45, 2.75) is 77.4 Å². The fourth-order valence-corrected chi connectivity index (χ4v) is 5.59. The van der Waals surface area contributed by atoms with E-state index in [1.807, 2.05) is 30.3 Å². The van der Waals surface area contributed by atoms with Crippen LogP contribution in [0, 0.1) is 0 Å². The molecule has 6 nitrogen and oxygen atoms in total. The number of hydrogen-bond donors (Lipinski definition) is 2. The maximum atomic E-state index is 11.5. The number of aromatic carboxylic acids is 1. The van der Waals surface area contributed by atoms with Crippen molar-refractivity contribution in [1.82, 2.24) is 4.90 Å². The zero-order valence-electron chi connectivity index (χ0n) is 23.6. The van der Waals surface area contributed by atoms with E-state index in [1.165, 1.54) is 11.1 Å². The van der Waals surface area contributed by atoms with E-state index in [1.54, 1.807) is 6.07 Å². The zero-order chi connectivity index (χ0) is 28.5. The molecule has 0 amide bonds. The SMILES string of the molecule is CC(C)c1ccc(COc2ccccc2CCN(CCCCC(=O)O)C2CCCc3cc(C(=O)O)ccc32)cc1. The van der Waals surface area contributed by atoms with Gasteiger partial charge in [-0.2, -0.15) is 0 Å². The standard InChI is InChI=1S/C34H41NO5/c1-24(2)26-15-13-25(14-16-26)23-40-32-11-4-3-8-27(32)19-21-35(20-6-5-12-33(36)37)31-10-7-9-28-22-29(34(38)39)17-18-30(28)31/h3-4,8,11,13-18,22,24,31H,5-7,9-10,12,19-21,23H2,1-2H3,(H,36,37)(H,38,39). The van der Waals surface area contributed by atoms with Gasteiger partial charge in [-0.05, 0) is 97.0 Å². The average molecular weight is 544 g/mol. The van der Waals surface area contributed by atoms with Crippen LogP contribution >= 0.6 is 0 Å². The molecule has 0 spiro atoms. The minimum Gasteiger partial charge on any atom is -0.489 e. The van der Waals surface area contributed by atoms with Gasteiger partial charge in [0.1, 0.15) is 12.4 Å². The number of unbranched alkanes of at least 4 members (excludes halogenated alkanes) is 1. The quantitative estimate of drug-likeness (QED) is 0.208. The largest absolute Gasteiger partial charge is 0.489 e. The van der Waals surface area contributed by atoms with E-state index in [0.29, 0.717) is 24.5 Å². The summed E-state index contributed by atoms with van der Waals surface area (Å²) in [6, 6.07) is 22.5. The van der Waals surface area contributed by atoms with E-state index in [2.05, 4.69) is 49.1 Å². The summed E-state index contributed by atoms with van der Waals surface area (Å²) in [5.74, 6) is -0.280. The normalized spacial score (nSPS) is 14.8. The number of para-hydroxylation sites is 1. The molecule has 3 aromatic carbocycles. The van der Waals surface area contributed by atoms with Gasteiger partial charge < -0.3 is 14.9 Å². The van der Waals surface area contributed by atoms with Crippen LogP contribution in [0.15, 0.2) is 66.7 Å². The highest BCUT2D eigenvalue weighted by atomic mass is 16.5. The van der Waals surface area contributed by atoms with E-state index in [4.69, 9.17) is 9.84 Å². The van der Waals surface area contributed by atoms with Crippen LogP contribution in [0.25, 0.3) is 0 Å². The third-order valence-electron chi connectivity index (χ3n) is 7.88. The first kappa shape index (κ1) is 29.3. The summed E-state index contributed by atoms with van der Waals surface area (Å²) in [6.07, 6.45) is 5.31. The molecule has 0 bridgehead atoms. The second-order valence-electron chi connectivity index (χ2n) is 11.1. The Morgan fingerprint density at radius 3 is 2.48 bits per heavy atom.